The lowest BCUT2D eigenvalue weighted by Gasteiger charge is -2.10. The number of carbonyl (C=O) groups is 1. The van der Waals surface area contributed by atoms with E-state index in [-0.39, 0.29) is 6.42 Å². The number of aromatic nitrogens is 1. The monoisotopic (exact) mass is 358 g/mol. The van der Waals surface area contributed by atoms with Crippen LogP contribution in [0.5, 0.6) is 0 Å². The Kier molecular flexibility index (Phi) is 4.93. The molecule has 9 heteroatoms. The van der Waals surface area contributed by atoms with Gasteiger partial charge in [-0.1, -0.05) is 29.8 Å². The summed E-state index contributed by atoms with van der Waals surface area (Å²) in [7, 11) is -4.41. The highest BCUT2D eigenvalue weighted by atomic mass is 32.2. The molecule has 0 spiro atoms. The van der Waals surface area contributed by atoms with Crippen LogP contribution in [0, 0.1) is 6.92 Å². The van der Waals surface area contributed by atoms with Crippen LogP contribution in [-0.4, -0.2) is 19.3 Å². The molecule has 2 rings (SSSR count). The van der Waals surface area contributed by atoms with Crippen molar-refractivity contribution in [3.8, 4) is 0 Å². The Morgan fingerprint density at radius 2 is 1.79 bits per heavy atom. The summed E-state index contributed by atoms with van der Waals surface area (Å²) in [5.41, 5.74) is 0.207. The third-order valence-electron chi connectivity index (χ3n) is 3.07. The van der Waals surface area contributed by atoms with Crippen LogP contribution in [0.2, 0.25) is 0 Å². The number of rotatable bonds is 4. The first-order valence-corrected chi connectivity index (χ1v) is 8.21. The van der Waals surface area contributed by atoms with Gasteiger partial charge >= 0.3 is 6.18 Å². The summed E-state index contributed by atoms with van der Waals surface area (Å²) >= 11 is 0. The van der Waals surface area contributed by atoms with Gasteiger partial charge < -0.3 is 0 Å². The van der Waals surface area contributed by atoms with E-state index in [1.54, 1.807) is 29.0 Å². The minimum atomic E-state index is -4.78. The zero-order valence-electron chi connectivity index (χ0n) is 12.5. The molecule has 0 saturated heterocycles. The lowest BCUT2D eigenvalue weighted by molar-refractivity contribution is -0.141. The molecule has 1 aromatic carbocycles. The number of alkyl halides is 3. The molecular weight excluding hydrogens is 345 g/mol. The van der Waals surface area contributed by atoms with Crippen molar-refractivity contribution in [2.75, 3.05) is 0 Å². The van der Waals surface area contributed by atoms with E-state index in [1.807, 2.05) is 6.92 Å². The summed E-state index contributed by atoms with van der Waals surface area (Å²) in [5, 5.41) is 0. The van der Waals surface area contributed by atoms with E-state index < -0.39 is 32.7 Å². The van der Waals surface area contributed by atoms with Crippen molar-refractivity contribution in [3.63, 3.8) is 0 Å². The predicted octanol–water partition coefficient (Wildman–Crippen LogP) is 2.46. The summed E-state index contributed by atoms with van der Waals surface area (Å²) in [4.78, 5) is 14.2. The summed E-state index contributed by atoms with van der Waals surface area (Å²) < 4.78 is 63.6. The fraction of sp³-hybridized carbons (Fsp3) is 0.200. The van der Waals surface area contributed by atoms with E-state index in [0.717, 1.165) is 17.8 Å². The number of benzene rings is 1. The van der Waals surface area contributed by atoms with Crippen molar-refractivity contribution in [2.24, 2.45) is 0 Å². The average Bonchev–Trinajstić information content (AvgIpc) is 2.48. The third-order valence-corrected chi connectivity index (χ3v) is 4.44. The fourth-order valence-corrected chi connectivity index (χ4v) is 2.87. The molecule has 1 N–H and O–H groups in total. The molecule has 0 atom stereocenters. The van der Waals surface area contributed by atoms with Gasteiger partial charge in [-0.25, -0.2) is 13.1 Å². The van der Waals surface area contributed by atoms with Crippen LogP contribution in [-0.2, 0) is 27.4 Å². The van der Waals surface area contributed by atoms with Crippen LogP contribution < -0.4 is 4.72 Å². The first-order chi connectivity index (χ1) is 11.1. The third kappa shape index (κ3) is 4.54. The fourth-order valence-electron chi connectivity index (χ4n) is 1.87. The Bertz CT molecular complexity index is 847. The molecule has 0 aliphatic carbocycles. The SMILES string of the molecule is Cc1ccc(CC(=O)NS(=O)(=O)c2ccnc(C(F)(F)F)c2)cc1. The molecule has 0 aliphatic heterocycles. The maximum absolute atomic E-state index is 12.6. The van der Waals surface area contributed by atoms with Gasteiger partial charge in [-0.2, -0.15) is 13.2 Å². The van der Waals surface area contributed by atoms with Crippen molar-refractivity contribution in [3.05, 3.63) is 59.4 Å². The summed E-state index contributed by atoms with van der Waals surface area (Å²) in [6.07, 6.45) is -4.27. The first kappa shape index (κ1) is 17.9. The number of aryl methyl sites for hydroxylation is 1. The van der Waals surface area contributed by atoms with Crippen LogP contribution >= 0.6 is 0 Å². The number of hydrogen-bond acceptors (Lipinski definition) is 4. The van der Waals surface area contributed by atoms with Gasteiger partial charge in [0.05, 0.1) is 11.3 Å². The molecule has 0 radical (unpaired) electrons. The second-order valence-electron chi connectivity index (χ2n) is 5.07. The van der Waals surface area contributed by atoms with E-state index in [0.29, 0.717) is 11.6 Å². The number of sulfonamides is 1. The Hall–Kier alpha value is -2.42. The van der Waals surface area contributed by atoms with Gasteiger partial charge in [0.2, 0.25) is 5.91 Å². The number of pyridine rings is 1. The smallest absolute Gasteiger partial charge is 0.274 e. The number of amides is 1. The van der Waals surface area contributed by atoms with E-state index in [2.05, 4.69) is 4.98 Å². The van der Waals surface area contributed by atoms with E-state index >= 15 is 0 Å². The Labute approximate surface area is 136 Å². The number of hydrogen-bond donors (Lipinski definition) is 1. The first-order valence-electron chi connectivity index (χ1n) is 6.72. The quantitative estimate of drug-likeness (QED) is 0.911. The van der Waals surface area contributed by atoms with Gasteiger partial charge in [-0.05, 0) is 24.6 Å². The molecule has 2 aromatic rings. The van der Waals surface area contributed by atoms with Crippen LogP contribution in [0.1, 0.15) is 16.8 Å². The van der Waals surface area contributed by atoms with Gasteiger partial charge in [0, 0.05) is 6.20 Å². The van der Waals surface area contributed by atoms with Crippen molar-refractivity contribution in [2.45, 2.75) is 24.4 Å². The molecule has 0 fully saturated rings. The summed E-state index contributed by atoms with van der Waals surface area (Å²) in [6, 6.07) is 8.11. The highest BCUT2D eigenvalue weighted by molar-refractivity contribution is 7.90. The number of carbonyl (C=O) groups excluding carboxylic acids is 1. The molecule has 0 saturated carbocycles. The molecule has 1 amide bonds. The maximum atomic E-state index is 12.6. The summed E-state index contributed by atoms with van der Waals surface area (Å²) in [6.45, 7) is 1.86. The standard InChI is InChI=1S/C15H13F3N2O3S/c1-10-2-4-11(5-3-10)8-14(21)20-24(22,23)12-6-7-19-13(9-12)15(16,17)18/h2-7,9H,8H2,1H3,(H,20,21). The molecule has 0 aliphatic rings. The lowest BCUT2D eigenvalue weighted by Crippen LogP contribution is -2.32. The Balaban J connectivity index is 2.16. The van der Waals surface area contributed by atoms with E-state index in [1.165, 1.54) is 0 Å². The molecule has 24 heavy (non-hydrogen) atoms. The maximum Gasteiger partial charge on any atom is 0.433 e. The molecule has 1 heterocycles. The van der Waals surface area contributed by atoms with Gasteiger partial charge in [0.25, 0.3) is 10.0 Å². The van der Waals surface area contributed by atoms with Crippen LogP contribution in [0.4, 0.5) is 13.2 Å². The van der Waals surface area contributed by atoms with Gasteiger partial charge in [0.15, 0.2) is 0 Å². The Morgan fingerprint density at radius 3 is 2.38 bits per heavy atom. The van der Waals surface area contributed by atoms with Crippen molar-refractivity contribution in [1.82, 2.24) is 9.71 Å². The van der Waals surface area contributed by atoms with Gasteiger partial charge in [-0.3, -0.25) is 9.78 Å². The summed E-state index contributed by atoms with van der Waals surface area (Å²) in [5.74, 6) is -0.843. The van der Waals surface area contributed by atoms with Crippen LogP contribution in [0.25, 0.3) is 0 Å². The highest BCUT2D eigenvalue weighted by Crippen LogP contribution is 2.28. The molecule has 128 valence electrons. The van der Waals surface area contributed by atoms with Crippen LogP contribution in [0.3, 0.4) is 0 Å². The van der Waals surface area contributed by atoms with E-state index in [4.69, 9.17) is 0 Å². The molecule has 1 aromatic heterocycles. The second-order valence-corrected chi connectivity index (χ2v) is 6.75. The lowest BCUT2D eigenvalue weighted by atomic mass is 10.1. The number of halogens is 3. The Morgan fingerprint density at radius 1 is 1.17 bits per heavy atom. The average molecular weight is 358 g/mol. The predicted molar refractivity (Wildman–Crippen MR) is 79.5 cm³/mol. The van der Waals surface area contributed by atoms with Gasteiger partial charge in [-0.15, -0.1) is 0 Å². The van der Waals surface area contributed by atoms with Gasteiger partial charge in [0.1, 0.15) is 5.69 Å². The number of nitrogens with zero attached hydrogens (tertiary/aromatic N) is 1. The topological polar surface area (TPSA) is 76.1 Å². The van der Waals surface area contributed by atoms with Crippen LogP contribution in [0.15, 0.2) is 47.5 Å². The molecule has 0 bridgehead atoms. The van der Waals surface area contributed by atoms with Crippen molar-refractivity contribution >= 4 is 15.9 Å². The molecular formula is C15H13F3N2O3S. The largest absolute Gasteiger partial charge is 0.433 e. The molecule has 5 nitrogen and oxygen atoms in total. The minimum absolute atomic E-state index is 0.212. The second kappa shape index (κ2) is 6.60. The zero-order chi connectivity index (χ0) is 18.0. The zero-order valence-corrected chi connectivity index (χ0v) is 13.3. The van der Waals surface area contributed by atoms with E-state index in [9.17, 15) is 26.4 Å². The molecule has 0 unspecified atom stereocenters. The number of nitrogens with one attached hydrogen (secondary N) is 1. The minimum Gasteiger partial charge on any atom is -0.274 e. The van der Waals surface area contributed by atoms with Crippen molar-refractivity contribution in [1.29, 1.82) is 0 Å². The normalized spacial score (nSPS) is 12.0. The highest BCUT2D eigenvalue weighted by Gasteiger charge is 2.33. The van der Waals surface area contributed by atoms with Crippen molar-refractivity contribution < 1.29 is 26.4 Å².